The number of allylic oxidation sites excluding steroid dienone is 1. The van der Waals surface area contributed by atoms with Crippen molar-refractivity contribution in [2.24, 2.45) is 0 Å². The summed E-state index contributed by atoms with van der Waals surface area (Å²) in [6.07, 6.45) is 1.77. The van der Waals surface area contributed by atoms with E-state index in [-0.39, 0.29) is 4.90 Å². The van der Waals surface area contributed by atoms with Crippen molar-refractivity contribution in [3.8, 4) is 0 Å². The fourth-order valence-electron chi connectivity index (χ4n) is 1.17. The van der Waals surface area contributed by atoms with E-state index >= 15 is 0 Å². The Morgan fingerprint density at radius 3 is 2.47 bits per heavy atom. The van der Waals surface area contributed by atoms with Crippen LogP contribution in [-0.4, -0.2) is 14.2 Å². The summed E-state index contributed by atoms with van der Waals surface area (Å²) >= 11 is 0. The highest BCUT2D eigenvalue weighted by atomic mass is 32.2. The van der Waals surface area contributed by atoms with E-state index in [0.29, 0.717) is 6.42 Å². The largest absolute Gasteiger partial charge is 0.223 e. The maximum atomic E-state index is 13.1. The molecule has 1 aromatic carbocycles. The molecule has 4 heteroatoms. The summed E-state index contributed by atoms with van der Waals surface area (Å²) < 4.78 is 36.3. The molecule has 1 rings (SSSR count). The molecule has 0 aliphatic rings. The minimum absolute atomic E-state index is 0.157. The van der Waals surface area contributed by atoms with Crippen molar-refractivity contribution in [2.75, 3.05) is 5.75 Å². The SMILES string of the molecule is CC/C=C(\F)CS(=O)(=O)c1ccccc1. The van der Waals surface area contributed by atoms with Crippen molar-refractivity contribution in [2.45, 2.75) is 18.2 Å². The lowest BCUT2D eigenvalue weighted by molar-refractivity contribution is 0.582. The van der Waals surface area contributed by atoms with Gasteiger partial charge >= 0.3 is 0 Å². The first-order valence-corrected chi connectivity index (χ1v) is 6.34. The Hall–Kier alpha value is -1.16. The first-order valence-electron chi connectivity index (χ1n) is 4.68. The van der Waals surface area contributed by atoms with Crippen LogP contribution >= 0.6 is 0 Å². The lowest BCUT2D eigenvalue weighted by Gasteiger charge is -2.01. The van der Waals surface area contributed by atoms with Crippen LogP contribution in [0.3, 0.4) is 0 Å². The average molecular weight is 228 g/mol. The summed E-state index contributed by atoms with van der Waals surface area (Å²) in [5.74, 6) is -1.15. The Balaban J connectivity index is 2.91. The number of halogens is 1. The molecule has 0 saturated carbocycles. The van der Waals surface area contributed by atoms with Crippen molar-refractivity contribution in [1.82, 2.24) is 0 Å². The van der Waals surface area contributed by atoms with Gasteiger partial charge in [0.1, 0.15) is 11.6 Å². The average Bonchev–Trinajstić information content (AvgIpc) is 2.18. The molecule has 82 valence electrons. The molecule has 2 nitrogen and oxygen atoms in total. The van der Waals surface area contributed by atoms with Gasteiger partial charge in [0, 0.05) is 0 Å². The monoisotopic (exact) mass is 228 g/mol. The van der Waals surface area contributed by atoms with Gasteiger partial charge in [-0.2, -0.15) is 0 Å². The predicted molar refractivity (Wildman–Crippen MR) is 58.0 cm³/mol. The Morgan fingerprint density at radius 1 is 1.33 bits per heavy atom. The van der Waals surface area contributed by atoms with Crippen molar-refractivity contribution >= 4 is 9.84 Å². The topological polar surface area (TPSA) is 34.1 Å². The molecule has 0 aliphatic carbocycles. The fourth-order valence-corrected chi connectivity index (χ4v) is 2.39. The van der Waals surface area contributed by atoms with Crippen LogP contribution < -0.4 is 0 Å². The molecule has 0 aliphatic heterocycles. The smallest absolute Gasteiger partial charge is 0.184 e. The van der Waals surface area contributed by atoms with E-state index in [1.165, 1.54) is 18.2 Å². The molecule has 0 aromatic heterocycles. The van der Waals surface area contributed by atoms with E-state index in [4.69, 9.17) is 0 Å². The van der Waals surface area contributed by atoms with Gasteiger partial charge in [0.25, 0.3) is 0 Å². The van der Waals surface area contributed by atoms with E-state index in [1.54, 1.807) is 25.1 Å². The van der Waals surface area contributed by atoms with Gasteiger partial charge in [-0.25, -0.2) is 12.8 Å². The molecule has 1 aromatic rings. The summed E-state index contributed by atoms with van der Waals surface area (Å²) in [4.78, 5) is 0.157. The minimum atomic E-state index is -3.52. The minimum Gasteiger partial charge on any atom is -0.223 e. The van der Waals surface area contributed by atoms with Crippen LogP contribution in [0.15, 0.2) is 47.1 Å². The highest BCUT2D eigenvalue weighted by Gasteiger charge is 2.15. The zero-order valence-corrected chi connectivity index (χ0v) is 9.30. The Bertz CT molecular complexity index is 435. The first-order chi connectivity index (χ1) is 7.06. The Morgan fingerprint density at radius 2 is 1.93 bits per heavy atom. The van der Waals surface area contributed by atoms with Crippen LogP contribution in [0.25, 0.3) is 0 Å². The maximum Gasteiger partial charge on any atom is 0.184 e. The highest BCUT2D eigenvalue weighted by Crippen LogP contribution is 2.14. The molecule has 0 fully saturated rings. The maximum absolute atomic E-state index is 13.1. The number of hydrogen-bond donors (Lipinski definition) is 0. The predicted octanol–water partition coefficient (Wildman–Crippen LogP) is 2.72. The summed E-state index contributed by atoms with van der Waals surface area (Å²) in [5, 5.41) is 0. The zero-order chi connectivity index (χ0) is 11.3. The number of benzene rings is 1. The van der Waals surface area contributed by atoms with Gasteiger partial charge in [0.15, 0.2) is 9.84 Å². The van der Waals surface area contributed by atoms with Gasteiger partial charge in [-0.1, -0.05) is 31.2 Å². The Kier molecular flexibility index (Phi) is 4.03. The lowest BCUT2D eigenvalue weighted by atomic mass is 10.4. The molecule has 0 N–H and O–H groups in total. The van der Waals surface area contributed by atoms with Crippen LogP contribution in [0.1, 0.15) is 13.3 Å². The third-order valence-electron chi connectivity index (χ3n) is 1.86. The molecule has 0 spiro atoms. The van der Waals surface area contributed by atoms with E-state index in [9.17, 15) is 12.8 Å². The van der Waals surface area contributed by atoms with Gasteiger partial charge in [-0.3, -0.25) is 0 Å². The Labute approximate surface area is 89.4 Å². The molecular weight excluding hydrogens is 215 g/mol. The van der Waals surface area contributed by atoms with Crippen molar-refractivity contribution in [3.05, 3.63) is 42.2 Å². The van der Waals surface area contributed by atoms with Gasteiger partial charge in [0.05, 0.1) is 4.90 Å². The highest BCUT2D eigenvalue weighted by molar-refractivity contribution is 7.91. The molecule has 0 unspecified atom stereocenters. The summed E-state index contributed by atoms with van der Waals surface area (Å²) in [5.41, 5.74) is 0. The molecule has 0 bridgehead atoms. The van der Waals surface area contributed by atoms with Crippen LogP contribution in [0, 0.1) is 0 Å². The van der Waals surface area contributed by atoms with Gasteiger partial charge in [-0.15, -0.1) is 0 Å². The van der Waals surface area contributed by atoms with Gasteiger partial charge in [0.2, 0.25) is 0 Å². The van der Waals surface area contributed by atoms with E-state index in [2.05, 4.69) is 0 Å². The van der Waals surface area contributed by atoms with Gasteiger partial charge < -0.3 is 0 Å². The van der Waals surface area contributed by atoms with Crippen LogP contribution in [0.4, 0.5) is 4.39 Å². The third-order valence-corrected chi connectivity index (χ3v) is 3.50. The van der Waals surface area contributed by atoms with Gasteiger partial charge in [-0.05, 0) is 18.6 Å². The van der Waals surface area contributed by atoms with Crippen molar-refractivity contribution in [3.63, 3.8) is 0 Å². The van der Waals surface area contributed by atoms with E-state index in [1.807, 2.05) is 0 Å². The molecule has 0 atom stereocenters. The second-order valence-corrected chi connectivity index (χ2v) is 5.12. The van der Waals surface area contributed by atoms with Crippen molar-refractivity contribution < 1.29 is 12.8 Å². The summed E-state index contributed by atoms with van der Waals surface area (Å²) in [6.45, 7) is 1.76. The molecular formula is C11H13FO2S. The molecule has 0 amide bonds. The van der Waals surface area contributed by atoms with Crippen LogP contribution in [0.2, 0.25) is 0 Å². The normalized spacial score (nSPS) is 12.8. The summed E-state index contributed by atoms with van der Waals surface area (Å²) in [7, 11) is -3.52. The van der Waals surface area contributed by atoms with E-state index < -0.39 is 21.4 Å². The third kappa shape index (κ3) is 3.47. The second kappa shape index (κ2) is 5.07. The number of hydrogen-bond acceptors (Lipinski definition) is 2. The molecule has 15 heavy (non-hydrogen) atoms. The number of rotatable bonds is 4. The second-order valence-electron chi connectivity index (χ2n) is 3.13. The quantitative estimate of drug-likeness (QED) is 0.794. The lowest BCUT2D eigenvalue weighted by Crippen LogP contribution is -2.07. The summed E-state index contributed by atoms with van der Waals surface area (Å²) in [6, 6.07) is 7.89. The fraction of sp³-hybridized carbons (Fsp3) is 0.273. The molecule has 0 radical (unpaired) electrons. The first kappa shape index (κ1) is 11.9. The van der Waals surface area contributed by atoms with Crippen LogP contribution in [-0.2, 0) is 9.84 Å². The zero-order valence-electron chi connectivity index (χ0n) is 8.48. The van der Waals surface area contributed by atoms with E-state index in [0.717, 1.165) is 0 Å². The molecule has 0 saturated heterocycles. The van der Waals surface area contributed by atoms with Crippen molar-refractivity contribution in [1.29, 1.82) is 0 Å². The standard InChI is InChI=1S/C11H13FO2S/c1-2-6-10(12)9-15(13,14)11-7-4-3-5-8-11/h3-8H,2,9H2,1H3/b10-6-. The number of sulfone groups is 1. The van der Waals surface area contributed by atoms with Crippen LogP contribution in [0.5, 0.6) is 0 Å². The molecule has 0 heterocycles.